The van der Waals surface area contributed by atoms with E-state index in [4.69, 9.17) is 0 Å². The molecule has 5 heteroatoms. The highest BCUT2D eigenvalue weighted by Gasteiger charge is 2.18. The fraction of sp³-hybridized carbons (Fsp3) is 0.750. The Kier molecular flexibility index (Phi) is 3.69. The third-order valence-corrected chi connectivity index (χ3v) is 3.33. The molecule has 1 fully saturated rings. The predicted octanol–water partition coefficient (Wildman–Crippen LogP) is 0.200. The quantitative estimate of drug-likeness (QED) is 0.815. The molecule has 1 saturated heterocycles. The van der Waals surface area contributed by atoms with Crippen LogP contribution in [0.5, 0.6) is 0 Å². The molecule has 0 spiro atoms. The molecular formula is C12H23N5. The minimum atomic E-state index is 1.01. The zero-order valence-corrected chi connectivity index (χ0v) is 11.3. The summed E-state index contributed by atoms with van der Waals surface area (Å²) in [5, 5.41) is 7.92. The summed E-state index contributed by atoms with van der Waals surface area (Å²) in [6.45, 7) is 7.55. The van der Waals surface area contributed by atoms with Crippen LogP contribution in [0.25, 0.3) is 0 Å². The van der Waals surface area contributed by atoms with Crippen molar-refractivity contribution in [2.75, 3.05) is 45.2 Å². The maximum Gasteiger partial charge on any atom is 0.130 e. The van der Waals surface area contributed by atoms with Crippen molar-refractivity contribution in [3.63, 3.8) is 0 Å². The van der Waals surface area contributed by atoms with E-state index < -0.39 is 0 Å². The zero-order chi connectivity index (χ0) is 12.4. The summed E-state index contributed by atoms with van der Waals surface area (Å²) >= 11 is 0. The first kappa shape index (κ1) is 12.4. The van der Waals surface area contributed by atoms with E-state index in [0.717, 1.165) is 38.4 Å². The molecule has 5 nitrogen and oxygen atoms in total. The third kappa shape index (κ3) is 2.61. The maximum absolute atomic E-state index is 4.53. The van der Waals surface area contributed by atoms with Gasteiger partial charge in [0.1, 0.15) is 5.82 Å². The summed E-state index contributed by atoms with van der Waals surface area (Å²) in [6.07, 6.45) is 0. The number of hydrogen-bond acceptors (Lipinski definition) is 4. The lowest BCUT2D eigenvalue weighted by Gasteiger charge is -2.28. The Bertz CT molecular complexity index is 376. The molecule has 1 N–H and O–H groups in total. The lowest BCUT2D eigenvalue weighted by molar-refractivity contribution is 0.233. The van der Waals surface area contributed by atoms with Crippen LogP contribution in [0.2, 0.25) is 0 Å². The van der Waals surface area contributed by atoms with Gasteiger partial charge in [-0.2, -0.15) is 5.10 Å². The van der Waals surface area contributed by atoms with Gasteiger partial charge < -0.3 is 10.2 Å². The molecule has 1 aromatic heterocycles. The summed E-state index contributed by atoms with van der Waals surface area (Å²) in [5.41, 5.74) is 2.51. The molecule has 2 heterocycles. The Morgan fingerprint density at radius 2 is 1.94 bits per heavy atom. The maximum atomic E-state index is 4.53. The van der Waals surface area contributed by atoms with Crippen molar-refractivity contribution in [1.29, 1.82) is 0 Å². The first-order valence-corrected chi connectivity index (χ1v) is 6.22. The summed E-state index contributed by atoms with van der Waals surface area (Å²) in [5.74, 6) is 1.22. The summed E-state index contributed by atoms with van der Waals surface area (Å²) in [4.78, 5) is 4.64. The van der Waals surface area contributed by atoms with E-state index in [0.29, 0.717) is 0 Å². The normalized spacial score (nSPS) is 17.4. The van der Waals surface area contributed by atoms with E-state index in [9.17, 15) is 0 Å². The van der Waals surface area contributed by atoms with Gasteiger partial charge in [-0.25, -0.2) is 0 Å². The van der Waals surface area contributed by atoms with Gasteiger partial charge in [-0.15, -0.1) is 0 Å². The van der Waals surface area contributed by atoms with E-state index in [2.05, 4.69) is 41.2 Å². The highest BCUT2D eigenvalue weighted by Crippen LogP contribution is 2.23. The largest absolute Gasteiger partial charge is 0.363 e. The molecule has 0 atom stereocenters. The monoisotopic (exact) mass is 237 g/mol. The van der Waals surface area contributed by atoms with Crippen LogP contribution in [0.15, 0.2) is 0 Å². The molecule has 0 amide bonds. The van der Waals surface area contributed by atoms with Crippen LogP contribution in [0.3, 0.4) is 0 Å². The molecule has 0 unspecified atom stereocenters. The van der Waals surface area contributed by atoms with E-state index >= 15 is 0 Å². The first-order chi connectivity index (χ1) is 8.09. The molecule has 0 bridgehead atoms. The molecule has 1 aromatic rings. The highest BCUT2D eigenvalue weighted by atomic mass is 15.4. The Balaban J connectivity index is 2.18. The van der Waals surface area contributed by atoms with E-state index in [-0.39, 0.29) is 0 Å². The minimum Gasteiger partial charge on any atom is -0.363 e. The third-order valence-electron chi connectivity index (χ3n) is 3.33. The lowest BCUT2D eigenvalue weighted by Crippen LogP contribution is -2.43. The number of piperazine rings is 1. The van der Waals surface area contributed by atoms with Crippen molar-refractivity contribution in [3.8, 4) is 0 Å². The molecule has 0 saturated carbocycles. The second-order valence-corrected chi connectivity index (χ2v) is 4.93. The van der Waals surface area contributed by atoms with Gasteiger partial charge in [0.2, 0.25) is 0 Å². The Morgan fingerprint density at radius 1 is 1.29 bits per heavy atom. The zero-order valence-electron chi connectivity index (χ0n) is 11.3. The number of rotatable bonds is 3. The number of aromatic nitrogens is 2. The molecule has 0 aromatic carbocycles. The van der Waals surface area contributed by atoms with Crippen LogP contribution in [-0.4, -0.2) is 55.0 Å². The van der Waals surface area contributed by atoms with Gasteiger partial charge >= 0.3 is 0 Å². The van der Waals surface area contributed by atoms with Crippen LogP contribution in [0, 0.1) is 6.92 Å². The molecule has 96 valence electrons. The molecule has 1 aliphatic rings. The summed E-state index contributed by atoms with van der Waals surface area (Å²) in [6, 6.07) is 0. The van der Waals surface area contributed by atoms with Gasteiger partial charge in [0, 0.05) is 59.4 Å². The number of anilines is 1. The van der Waals surface area contributed by atoms with E-state index in [1.165, 1.54) is 11.4 Å². The minimum absolute atomic E-state index is 1.01. The molecule has 0 radical (unpaired) electrons. The second-order valence-electron chi connectivity index (χ2n) is 4.93. The fourth-order valence-electron chi connectivity index (χ4n) is 2.53. The van der Waals surface area contributed by atoms with Crippen molar-refractivity contribution in [1.82, 2.24) is 20.0 Å². The number of hydrogen-bond donors (Lipinski definition) is 1. The van der Waals surface area contributed by atoms with Crippen LogP contribution < -0.4 is 10.2 Å². The van der Waals surface area contributed by atoms with E-state index in [1.54, 1.807) is 0 Å². The molecule has 0 aliphatic carbocycles. The fourth-order valence-corrected chi connectivity index (χ4v) is 2.53. The second kappa shape index (κ2) is 5.06. The summed E-state index contributed by atoms with van der Waals surface area (Å²) in [7, 11) is 6.18. The van der Waals surface area contributed by atoms with Crippen molar-refractivity contribution in [2.24, 2.45) is 7.05 Å². The van der Waals surface area contributed by atoms with Gasteiger partial charge in [-0.3, -0.25) is 9.58 Å². The van der Waals surface area contributed by atoms with Gasteiger partial charge in [-0.1, -0.05) is 0 Å². The molecule has 17 heavy (non-hydrogen) atoms. The van der Waals surface area contributed by atoms with Crippen molar-refractivity contribution < 1.29 is 0 Å². The first-order valence-electron chi connectivity index (χ1n) is 6.22. The number of nitrogens with zero attached hydrogens (tertiary/aromatic N) is 4. The van der Waals surface area contributed by atoms with Crippen LogP contribution in [-0.2, 0) is 13.6 Å². The number of nitrogens with one attached hydrogen (secondary N) is 1. The highest BCUT2D eigenvalue weighted by molar-refractivity contribution is 5.48. The molecule has 2 rings (SSSR count). The average Bonchev–Trinajstić information content (AvgIpc) is 2.55. The van der Waals surface area contributed by atoms with Gasteiger partial charge in [0.25, 0.3) is 0 Å². The van der Waals surface area contributed by atoms with Gasteiger partial charge in [0.15, 0.2) is 0 Å². The Morgan fingerprint density at radius 3 is 2.53 bits per heavy atom. The van der Waals surface area contributed by atoms with E-state index in [1.807, 2.05) is 11.7 Å². The predicted molar refractivity (Wildman–Crippen MR) is 70.4 cm³/mol. The smallest absolute Gasteiger partial charge is 0.130 e. The topological polar surface area (TPSA) is 36.3 Å². The Hall–Kier alpha value is -1.07. The van der Waals surface area contributed by atoms with Gasteiger partial charge in [-0.05, 0) is 6.92 Å². The molecular weight excluding hydrogens is 214 g/mol. The Labute approximate surface area is 103 Å². The summed E-state index contributed by atoms with van der Waals surface area (Å²) < 4.78 is 1.98. The number of aryl methyl sites for hydroxylation is 2. The lowest BCUT2D eigenvalue weighted by atomic mass is 10.2. The van der Waals surface area contributed by atoms with Crippen molar-refractivity contribution >= 4 is 5.82 Å². The standard InChI is InChI=1S/C12H23N5/c1-10-11(9-17-7-5-13-6-8-17)12(15(2)3)16(4)14-10/h13H,5-9H2,1-4H3. The SMILES string of the molecule is Cc1nn(C)c(N(C)C)c1CN1CCNCC1. The molecule has 1 aliphatic heterocycles. The van der Waals surface area contributed by atoms with Crippen LogP contribution in [0.4, 0.5) is 5.82 Å². The van der Waals surface area contributed by atoms with Crippen molar-refractivity contribution in [2.45, 2.75) is 13.5 Å². The average molecular weight is 237 g/mol. The van der Waals surface area contributed by atoms with Gasteiger partial charge in [0.05, 0.1) is 5.69 Å². The van der Waals surface area contributed by atoms with Crippen LogP contribution >= 0.6 is 0 Å². The van der Waals surface area contributed by atoms with Crippen molar-refractivity contribution in [3.05, 3.63) is 11.3 Å². The van der Waals surface area contributed by atoms with Crippen LogP contribution in [0.1, 0.15) is 11.3 Å².